The van der Waals surface area contributed by atoms with Gasteiger partial charge in [-0.2, -0.15) is 0 Å². The fourth-order valence-electron chi connectivity index (χ4n) is 1.37. The zero-order valence-corrected chi connectivity index (χ0v) is 12.6. The maximum Gasteiger partial charge on any atom is 0.310 e. The van der Waals surface area contributed by atoms with Gasteiger partial charge in [-0.15, -0.1) is 0 Å². The van der Waals surface area contributed by atoms with Crippen molar-refractivity contribution in [2.45, 2.75) is 17.6 Å². The summed E-state index contributed by atoms with van der Waals surface area (Å²) in [6, 6.07) is 1.89. The second-order valence-electron chi connectivity index (χ2n) is 4.00. The Labute approximate surface area is 115 Å². The number of halogens is 6. The molecule has 2 nitrogen and oxygen atoms in total. The lowest BCUT2D eigenvalue weighted by Gasteiger charge is -2.41. The SMILES string of the molecule is COC(C)(OC)c1cc(Br)cc(S(F)(F)(F)(F)F)c1. The Hall–Kier alpha value is -0.380. The molecule has 9 heteroatoms. The second kappa shape index (κ2) is 4.06. The fraction of sp³-hybridized carbons (Fsp3) is 0.400. The van der Waals surface area contributed by atoms with Crippen molar-refractivity contribution in [2.24, 2.45) is 0 Å². The zero-order valence-electron chi connectivity index (χ0n) is 10.2. The lowest BCUT2D eigenvalue weighted by molar-refractivity contribution is -0.202. The Balaban J connectivity index is 3.56. The Bertz CT molecular complexity index is 498. The van der Waals surface area contributed by atoms with Crippen LogP contribution in [0.4, 0.5) is 19.4 Å². The summed E-state index contributed by atoms with van der Waals surface area (Å²) in [6.45, 7) is 1.32. The van der Waals surface area contributed by atoms with Crippen molar-refractivity contribution in [1.29, 1.82) is 0 Å². The number of benzene rings is 1. The van der Waals surface area contributed by atoms with Crippen molar-refractivity contribution in [1.82, 2.24) is 0 Å². The van der Waals surface area contributed by atoms with E-state index in [1.54, 1.807) is 0 Å². The van der Waals surface area contributed by atoms with Crippen molar-refractivity contribution >= 4 is 26.2 Å². The molecular weight excluding hydrogens is 359 g/mol. The van der Waals surface area contributed by atoms with Gasteiger partial charge in [0.05, 0.1) is 0 Å². The van der Waals surface area contributed by atoms with E-state index in [0.29, 0.717) is 12.1 Å². The predicted octanol–water partition coefficient (Wildman–Crippen LogP) is 5.57. The smallest absolute Gasteiger partial charge is 0.310 e. The van der Waals surface area contributed by atoms with Crippen LogP contribution in [-0.2, 0) is 15.3 Å². The molecule has 1 aromatic rings. The molecule has 0 aliphatic carbocycles. The highest BCUT2D eigenvalue weighted by Crippen LogP contribution is 3.02. The molecule has 0 heterocycles. The van der Waals surface area contributed by atoms with Gasteiger partial charge in [0.15, 0.2) is 5.79 Å². The first kappa shape index (κ1) is 16.7. The number of rotatable bonds is 4. The molecule has 0 radical (unpaired) electrons. The first-order valence-corrected chi connectivity index (χ1v) is 7.62. The normalized spacial score (nSPS) is 16.9. The zero-order chi connectivity index (χ0) is 15.2. The van der Waals surface area contributed by atoms with Gasteiger partial charge in [-0.3, -0.25) is 0 Å². The van der Waals surface area contributed by atoms with Crippen molar-refractivity contribution < 1.29 is 28.9 Å². The van der Waals surface area contributed by atoms with E-state index in [0.717, 1.165) is 0 Å². The molecule has 0 amide bonds. The van der Waals surface area contributed by atoms with Gasteiger partial charge in [-0.05, 0) is 25.1 Å². The van der Waals surface area contributed by atoms with E-state index in [1.165, 1.54) is 27.2 Å². The van der Waals surface area contributed by atoms with Crippen LogP contribution >= 0.6 is 26.2 Å². The van der Waals surface area contributed by atoms with E-state index < -0.39 is 20.9 Å². The highest BCUT2D eigenvalue weighted by Gasteiger charge is 2.65. The maximum absolute atomic E-state index is 12.8. The van der Waals surface area contributed by atoms with Crippen LogP contribution < -0.4 is 0 Å². The summed E-state index contributed by atoms with van der Waals surface area (Å²) < 4.78 is 73.7. The molecule has 0 bridgehead atoms. The summed E-state index contributed by atoms with van der Waals surface area (Å²) in [5.41, 5.74) is -0.171. The highest BCUT2D eigenvalue weighted by molar-refractivity contribution is 9.10. The van der Waals surface area contributed by atoms with Crippen LogP contribution in [0.3, 0.4) is 0 Å². The molecule has 0 saturated heterocycles. The van der Waals surface area contributed by atoms with Gasteiger partial charge >= 0.3 is 10.2 Å². The van der Waals surface area contributed by atoms with E-state index in [-0.39, 0.29) is 10.0 Å². The highest BCUT2D eigenvalue weighted by atomic mass is 79.9. The lowest BCUT2D eigenvalue weighted by atomic mass is 10.1. The molecule has 112 valence electrons. The molecular formula is C10H12BrF5O2S. The number of hydrogen-bond acceptors (Lipinski definition) is 2. The largest absolute Gasteiger partial charge is 0.349 e. The number of hydrogen-bond donors (Lipinski definition) is 0. The Morgan fingerprint density at radius 3 is 1.84 bits per heavy atom. The summed E-state index contributed by atoms with van der Waals surface area (Å²) in [6.07, 6.45) is 0. The fourth-order valence-corrected chi connectivity index (χ4v) is 2.71. The van der Waals surface area contributed by atoms with Crippen LogP contribution in [0.1, 0.15) is 12.5 Å². The average molecular weight is 371 g/mol. The van der Waals surface area contributed by atoms with E-state index in [2.05, 4.69) is 15.9 Å². The van der Waals surface area contributed by atoms with Gasteiger partial charge in [-0.25, -0.2) is 0 Å². The van der Waals surface area contributed by atoms with Crippen LogP contribution in [0.5, 0.6) is 0 Å². The maximum atomic E-state index is 12.8. The second-order valence-corrected chi connectivity index (χ2v) is 7.32. The van der Waals surface area contributed by atoms with Crippen LogP contribution in [0, 0.1) is 0 Å². The van der Waals surface area contributed by atoms with Crippen molar-refractivity contribution in [2.75, 3.05) is 14.2 Å². The van der Waals surface area contributed by atoms with Crippen LogP contribution in [0.2, 0.25) is 0 Å². The van der Waals surface area contributed by atoms with Gasteiger partial charge in [0.2, 0.25) is 0 Å². The minimum absolute atomic E-state index is 0.145. The van der Waals surface area contributed by atoms with Crippen molar-refractivity contribution in [3.63, 3.8) is 0 Å². The summed E-state index contributed by atoms with van der Waals surface area (Å²) in [4.78, 5) is -2.00. The van der Waals surface area contributed by atoms with Crippen LogP contribution in [0.25, 0.3) is 0 Å². The lowest BCUT2D eigenvalue weighted by Crippen LogP contribution is -2.27. The summed E-state index contributed by atoms with van der Waals surface area (Å²) in [5, 5.41) is 0. The van der Waals surface area contributed by atoms with Crippen LogP contribution in [0.15, 0.2) is 27.6 Å². The average Bonchev–Trinajstić information content (AvgIpc) is 2.24. The van der Waals surface area contributed by atoms with Gasteiger partial charge in [0.1, 0.15) is 4.90 Å². The van der Waals surface area contributed by atoms with Gasteiger partial charge in [0.25, 0.3) is 0 Å². The molecule has 0 N–H and O–H groups in total. The third-order valence-corrected chi connectivity index (χ3v) is 4.20. The molecule has 1 aromatic carbocycles. The Morgan fingerprint density at radius 2 is 1.47 bits per heavy atom. The molecule has 1 rings (SSSR count). The van der Waals surface area contributed by atoms with Crippen LogP contribution in [-0.4, -0.2) is 14.2 Å². The van der Waals surface area contributed by atoms with Gasteiger partial charge in [-0.1, -0.05) is 35.4 Å². The first-order chi connectivity index (χ1) is 8.21. The topological polar surface area (TPSA) is 18.5 Å². The quantitative estimate of drug-likeness (QED) is 0.509. The monoisotopic (exact) mass is 370 g/mol. The Kier molecular flexibility index (Phi) is 3.56. The summed E-state index contributed by atoms with van der Waals surface area (Å²) in [7, 11) is -7.36. The van der Waals surface area contributed by atoms with Gasteiger partial charge < -0.3 is 9.47 Å². The molecule has 0 spiro atoms. The molecule has 0 atom stereocenters. The third-order valence-electron chi connectivity index (χ3n) is 2.62. The molecule has 0 saturated carbocycles. The molecule has 0 unspecified atom stereocenters. The number of ether oxygens (including phenoxy) is 2. The Morgan fingerprint density at radius 1 is 1.00 bits per heavy atom. The van der Waals surface area contributed by atoms with Crippen molar-refractivity contribution in [3.8, 4) is 0 Å². The summed E-state index contributed by atoms with van der Waals surface area (Å²) in [5.74, 6) is -1.55. The van der Waals surface area contributed by atoms with E-state index in [9.17, 15) is 19.4 Å². The van der Waals surface area contributed by atoms with E-state index in [1.807, 2.05) is 0 Å². The minimum Gasteiger partial charge on any atom is -0.349 e. The third kappa shape index (κ3) is 3.80. The molecule has 0 aliphatic rings. The van der Waals surface area contributed by atoms with Gasteiger partial charge in [0, 0.05) is 24.3 Å². The predicted molar refractivity (Wildman–Crippen MR) is 66.9 cm³/mol. The molecule has 0 aliphatic heterocycles. The molecule has 19 heavy (non-hydrogen) atoms. The van der Waals surface area contributed by atoms with E-state index >= 15 is 0 Å². The van der Waals surface area contributed by atoms with E-state index in [4.69, 9.17) is 9.47 Å². The number of methoxy groups -OCH3 is 2. The standard InChI is InChI=1S/C10H12BrF5O2S/c1-10(17-2,18-3)7-4-8(11)6-9(5-7)19(12,13,14,15)16/h4-6H,1-3H3. The molecule has 0 aromatic heterocycles. The first-order valence-electron chi connectivity index (χ1n) is 4.87. The summed E-state index contributed by atoms with van der Waals surface area (Å²) >= 11 is 2.78. The van der Waals surface area contributed by atoms with Crippen molar-refractivity contribution in [3.05, 3.63) is 28.2 Å². The minimum atomic E-state index is -9.75. The molecule has 0 fully saturated rings.